The standard InChI is InChI=1S/C11H13ClN2O2S/c1-2-3-4-7-14-17(15,16)11-8-9(12)5-6-10(11)13/h1,5-6,8,14H,3-4,7,13H2. The topological polar surface area (TPSA) is 72.2 Å². The predicted octanol–water partition coefficient (Wildman–Crippen LogP) is 1.61. The Labute approximate surface area is 106 Å². The van der Waals surface area contributed by atoms with Crippen LogP contribution >= 0.6 is 11.6 Å². The fourth-order valence-corrected chi connectivity index (χ4v) is 2.68. The second kappa shape index (κ2) is 5.92. The van der Waals surface area contributed by atoms with Gasteiger partial charge in [0.15, 0.2) is 0 Å². The number of hydrogen-bond donors (Lipinski definition) is 2. The van der Waals surface area contributed by atoms with E-state index < -0.39 is 10.0 Å². The number of halogens is 1. The lowest BCUT2D eigenvalue weighted by Crippen LogP contribution is -2.25. The molecule has 92 valence electrons. The van der Waals surface area contributed by atoms with Gasteiger partial charge < -0.3 is 5.73 Å². The predicted molar refractivity (Wildman–Crippen MR) is 69.1 cm³/mol. The van der Waals surface area contributed by atoms with E-state index in [0.717, 1.165) is 0 Å². The Morgan fingerprint density at radius 1 is 1.47 bits per heavy atom. The average Bonchev–Trinajstić information content (AvgIpc) is 2.28. The Morgan fingerprint density at radius 3 is 2.82 bits per heavy atom. The molecule has 0 aliphatic heterocycles. The molecule has 0 bridgehead atoms. The van der Waals surface area contributed by atoms with Gasteiger partial charge in [-0.15, -0.1) is 12.3 Å². The van der Waals surface area contributed by atoms with Gasteiger partial charge >= 0.3 is 0 Å². The van der Waals surface area contributed by atoms with Crippen LogP contribution in [-0.2, 0) is 10.0 Å². The molecule has 0 unspecified atom stereocenters. The maximum absolute atomic E-state index is 11.9. The largest absolute Gasteiger partial charge is 0.398 e. The summed E-state index contributed by atoms with van der Waals surface area (Å²) < 4.78 is 26.2. The van der Waals surface area contributed by atoms with Crippen molar-refractivity contribution < 1.29 is 8.42 Å². The van der Waals surface area contributed by atoms with Crippen molar-refractivity contribution in [3.05, 3.63) is 23.2 Å². The molecule has 0 radical (unpaired) electrons. The highest BCUT2D eigenvalue weighted by atomic mass is 35.5. The van der Waals surface area contributed by atoms with Crippen LogP contribution in [0.4, 0.5) is 5.69 Å². The van der Waals surface area contributed by atoms with Crippen molar-refractivity contribution in [2.24, 2.45) is 0 Å². The maximum atomic E-state index is 11.9. The van der Waals surface area contributed by atoms with Gasteiger partial charge in [-0.05, 0) is 24.6 Å². The number of sulfonamides is 1. The van der Waals surface area contributed by atoms with Gasteiger partial charge in [0.1, 0.15) is 4.90 Å². The number of nitrogens with two attached hydrogens (primary N) is 1. The van der Waals surface area contributed by atoms with E-state index >= 15 is 0 Å². The minimum atomic E-state index is -3.62. The van der Waals surface area contributed by atoms with E-state index in [-0.39, 0.29) is 17.1 Å². The Hall–Kier alpha value is -1.22. The number of terminal acetylenes is 1. The Balaban J connectivity index is 2.83. The summed E-state index contributed by atoms with van der Waals surface area (Å²) >= 11 is 5.73. The molecule has 1 rings (SSSR count). The summed E-state index contributed by atoms with van der Waals surface area (Å²) in [7, 11) is -3.62. The van der Waals surface area contributed by atoms with Crippen molar-refractivity contribution in [2.75, 3.05) is 12.3 Å². The zero-order valence-electron chi connectivity index (χ0n) is 9.11. The van der Waals surface area contributed by atoms with E-state index in [0.29, 0.717) is 17.9 Å². The van der Waals surface area contributed by atoms with Crippen LogP contribution in [0, 0.1) is 12.3 Å². The summed E-state index contributed by atoms with van der Waals surface area (Å²) in [6, 6.07) is 4.31. The third-order valence-electron chi connectivity index (χ3n) is 2.06. The molecule has 0 aliphatic rings. The van der Waals surface area contributed by atoms with Crippen LogP contribution in [0.3, 0.4) is 0 Å². The molecule has 0 aliphatic carbocycles. The van der Waals surface area contributed by atoms with Crippen LogP contribution in [0.5, 0.6) is 0 Å². The first-order valence-corrected chi connectivity index (χ1v) is 6.81. The third-order valence-corrected chi connectivity index (χ3v) is 3.81. The minimum absolute atomic E-state index is 0.00860. The first-order valence-electron chi connectivity index (χ1n) is 4.95. The van der Waals surface area contributed by atoms with E-state index in [1.165, 1.54) is 18.2 Å². The van der Waals surface area contributed by atoms with E-state index in [4.69, 9.17) is 23.8 Å². The second-order valence-electron chi connectivity index (χ2n) is 3.39. The summed E-state index contributed by atoms with van der Waals surface area (Å²) in [6.07, 6.45) is 6.17. The van der Waals surface area contributed by atoms with Crippen LogP contribution < -0.4 is 10.5 Å². The Morgan fingerprint density at radius 2 is 2.18 bits per heavy atom. The van der Waals surface area contributed by atoms with Crippen LogP contribution in [0.15, 0.2) is 23.1 Å². The molecule has 1 aromatic rings. The summed E-state index contributed by atoms with van der Waals surface area (Å²) in [5.74, 6) is 2.43. The minimum Gasteiger partial charge on any atom is -0.398 e. The molecule has 0 spiro atoms. The number of nitrogen functional groups attached to an aromatic ring is 1. The molecular weight excluding hydrogens is 260 g/mol. The number of hydrogen-bond acceptors (Lipinski definition) is 3. The van der Waals surface area contributed by atoms with Gasteiger partial charge in [0.05, 0.1) is 5.69 Å². The van der Waals surface area contributed by atoms with E-state index in [2.05, 4.69) is 10.6 Å². The SMILES string of the molecule is C#CCCCNS(=O)(=O)c1cc(Cl)ccc1N. The third kappa shape index (κ3) is 3.93. The molecule has 4 nitrogen and oxygen atoms in total. The van der Waals surface area contributed by atoms with Gasteiger partial charge in [0.2, 0.25) is 10.0 Å². The zero-order valence-corrected chi connectivity index (χ0v) is 10.7. The molecule has 0 amide bonds. The van der Waals surface area contributed by atoms with E-state index in [1.807, 2.05) is 0 Å². The highest BCUT2D eigenvalue weighted by Gasteiger charge is 2.16. The van der Waals surface area contributed by atoms with Crippen molar-refractivity contribution >= 4 is 27.3 Å². The second-order valence-corrected chi connectivity index (χ2v) is 5.56. The average molecular weight is 273 g/mol. The lowest BCUT2D eigenvalue weighted by Gasteiger charge is -2.08. The fourth-order valence-electron chi connectivity index (χ4n) is 1.22. The van der Waals surface area contributed by atoms with E-state index in [9.17, 15) is 8.42 Å². The molecule has 3 N–H and O–H groups in total. The summed E-state index contributed by atoms with van der Waals surface area (Å²) in [6.45, 7) is 0.276. The molecular formula is C11H13ClN2O2S. The Bertz CT molecular complexity index is 535. The molecule has 0 saturated carbocycles. The summed E-state index contributed by atoms with van der Waals surface area (Å²) in [5, 5.41) is 0.322. The molecule has 0 atom stereocenters. The van der Waals surface area contributed by atoms with Crippen LogP contribution in [0.25, 0.3) is 0 Å². The zero-order chi connectivity index (χ0) is 12.9. The number of benzene rings is 1. The van der Waals surface area contributed by atoms with Gasteiger partial charge in [-0.2, -0.15) is 0 Å². The van der Waals surface area contributed by atoms with Crippen molar-refractivity contribution in [1.29, 1.82) is 0 Å². The van der Waals surface area contributed by atoms with Gasteiger partial charge in [-0.1, -0.05) is 11.6 Å². The normalized spacial score (nSPS) is 11.1. The smallest absolute Gasteiger partial charge is 0.242 e. The quantitative estimate of drug-likeness (QED) is 0.486. The van der Waals surface area contributed by atoms with Crippen LogP contribution in [0.2, 0.25) is 5.02 Å². The number of rotatable bonds is 5. The lowest BCUT2D eigenvalue weighted by molar-refractivity contribution is 0.580. The highest BCUT2D eigenvalue weighted by Crippen LogP contribution is 2.22. The summed E-state index contributed by atoms with van der Waals surface area (Å²) in [5.41, 5.74) is 5.76. The van der Waals surface area contributed by atoms with Crippen molar-refractivity contribution in [1.82, 2.24) is 4.72 Å². The molecule has 0 aromatic heterocycles. The fraction of sp³-hybridized carbons (Fsp3) is 0.273. The van der Waals surface area contributed by atoms with Crippen molar-refractivity contribution in [3.8, 4) is 12.3 Å². The summed E-state index contributed by atoms with van der Waals surface area (Å²) in [4.78, 5) is -0.00860. The first-order chi connectivity index (χ1) is 7.97. The van der Waals surface area contributed by atoms with Gasteiger partial charge in [-0.25, -0.2) is 13.1 Å². The Kier molecular flexibility index (Phi) is 4.82. The first kappa shape index (κ1) is 13.8. The number of anilines is 1. The van der Waals surface area contributed by atoms with Gasteiger partial charge in [-0.3, -0.25) is 0 Å². The molecule has 0 fully saturated rings. The van der Waals surface area contributed by atoms with Gasteiger partial charge in [0, 0.05) is 18.0 Å². The monoisotopic (exact) mass is 272 g/mol. The highest BCUT2D eigenvalue weighted by molar-refractivity contribution is 7.89. The molecule has 0 saturated heterocycles. The van der Waals surface area contributed by atoms with Crippen LogP contribution in [-0.4, -0.2) is 15.0 Å². The van der Waals surface area contributed by atoms with Gasteiger partial charge in [0.25, 0.3) is 0 Å². The maximum Gasteiger partial charge on any atom is 0.242 e. The number of unbranched alkanes of at least 4 members (excludes halogenated alkanes) is 1. The van der Waals surface area contributed by atoms with Crippen molar-refractivity contribution in [2.45, 2.75) is 17.7 Å². The molecule has 1 aromatic carbocycles. The van der Waals surface area contributed by atoms with Crippen molar-refractivity contribution in [3.63, 3.8) is 0 Å². The lowest BCUT2D eigenvalue weighted by atomic mass is 10.3. The molecule has 17 heavy (non-hydrogen) atoms. The number of nitrogens with one attached hydrogen (secondary N) is 1. The van der Waals surface area contributed by atoms with Crippen LogP contribution in [0.1, 0.15) is 12.8 Å². The molecule has 0 heterocycles. The molecule has 6 heteroatoms. The van der Waals surface area contributed by atoms with E-state index in [1.54, 1.807) is 0 Å².